The van der Waals surface area contributed by atoms with Crippen LogP contribution in [0.1, 0.15) is 227 Å². The summed E-state index contributed by atoms with van der Waals surface area (Å²) < 4.78 is 39.5. The molecule has 0 aliphatic heterocycles. The Hall–Kier alpha value is -4.49. The smallest absolute Gasteiger partial charge is 0.306 e. The Morgan fingerprint density at radius 2 is 1.13 bits per heavy atom. The maximum absolute atomic E-state index is 17.6. The Balaban J connectivity index is 1.20. The highest BCUT2D eigenvalue weighted by Crippen LogP contribution is 2.70. The van der Waals surface area contributed by atoms with Crippen molar-refractivity contribution in [2.45, 2.75) is 251 Å². The van der Waals surface area contributed by atoms with Crippen LogP contribution in [0, 0.1) is 28.6 Å². The molecular formula is C65H99FO12. The van der Waals surface area contributed by atoms with Crippen molar-refractivity contribution in [2.24, 2.45) is 28.6 Å². The van der Waals surface area contributed by atoms with Gasteiger partial charge in [-0.05, 0) is 134 Å². The van der Waals surface area contributed by atoms with Crippen molar-refractivity contribution in [3.8, 4) is 0 Å². The summed E-state index contributed by atoms with van der Waals surface area (Å²) >= 11 is 0. The van der Waals surface area contributed by atoms with Gasteiger partial charge in [0.25, 0.3) is 0 Å². The highest BCUT2D eigenvalue weighted by Gasteiger charge is 2.75. The first-order valence-corrected chi connectivity index (χ1v) is 30.3. The molecule has 2 N–H and O–H groups in total. The number of rotatable bonds is 39. The number of aliphatic hydroxyl groups is 2. The van der Waals surface area contributed by atoms with Crippen LogP contribution in [-0.4, -0.2) is 89.0 Å². The lowest BCUT2D eigenvalue weighted by Gasteiger charge is -2.62. The minimum Gasteiger partial charge on any atom is -0.462 e. The number of halogens is 1. The minimum absolute atomic E-state index is 0.156. The van der Waals surface area contributed by atoms with Gasteiger partial charge in [0.1, 0.15) is 18.8 Å². The summed E-state index contributed by atoms with van der Waals surface area (Å²) in [5, 5.41) is 23.9. The van der Waals surface area contributed by atoms with E-state index in [0.29, 0.717) is 37.7 Å². The minimum atomic E-state index is -2.13. The molecule has 4 aliphatic carbocycles. The third kappa shape index (κ3) is 19.4. The molecule has 78 heavy (non-hydrogen) atoms. The standard InChI is InChI=1S/C65H99FO12/c1-6-8-10-12-14-16-18-20-22-24-26-28-30-32-34-36-58(70)75-47-53(78-61(73)37-35-33-31-29-27-25-23-21-19-17-15-13-11-9-7-2)48-76-59(71)40-41-60(72)77-49-57(69)65(74)50(3)44-55-54-39-38-51-45-52(67)42-43-62(51,4)64(54,66)56(68)46-63(55,65)5/h14-17,20-23,42-43,45,50,53-56,68,74H,6-13,18-19,24-41,44,46-49H2,1-5H3/b16-14-,17-15-,22-20-,23-21-/t50-,53?,54+,55+,56+,62+,63+,64+,65+/m1/s1. The van der Waals surface area contributed by atoms with Crippen LogP contribution in [0.2, 0.25) is 0 Å². The van der Waals surface area contributed by atoms with Crippen LogP contribution in [0.5, 0.6) is 0 Å². The van der Waals surface area contributed by atoms with Crippen LogP contribution in [0.15, 0.2) is 72.4 Å². The zero-order valence-corrected chi connectivity index (χ0v) is 48.4. The third-order valence-corrected chi connectivity index (χ3v) is 17.4. The molecule has 4 aliphatic rings. The number of Topliss-reactive ketones (excluding diaryl/α,β-unsaturated/α-hetero) is 1. The Morgan fingerprint density at radius 1 is 0.654 bits per heavy atom. The maximum Gasteiger partial charge on any atom is 0.306 e. The number of ether oxygens (including phenoxy) is 4. The summed E-state index contributed by atoms with van der Waals surface area (Å²) in [6.07, 6.45) is 43.0. The highest BCUT2D eigenvalue weighted by atomic mass is 19.1. The first kappa shape index (κ1) is 66.0. The van der Waals surface area contributed by atoms with Crippen molar-refractivity contribution in [3.63, 3.8) is 0 Å². The Morgan fingerprint density at radius 3 is 1.67 bits per heavy atom. The molecule has 438 valence electrons. The monoisotopic (exact) mass is 1090 g/mol. The number of unbranched alkanes of at least 4 members (excludes halogenated alkanes) is 16. The quantitative estimate of drug-likeness (QED) is 0.0258. The van der Waals surface area contributed by atoms with E-state index in [9.17, 15) is 39.0 Å². The van der Waals surface area contributed by atoms with E-state index >= 15 is 4.39 Å². The van der Waals surface area contributed by atoms with E-state index in [1.54, 1.807) is 26.8 Å². The lowest BCUT2D eigenvalue weighted by Crippen LogP contribution is -2.69. The number of hydrogen-bond acceptors (Lipinski definition) is 12. The molecule has 3 saturated carbocycles. The topological polar surface area (TPSA) is 180 Å². The van der Waals surface area contributed by atoms with Crippen LogP contribution in [-0.2, 0) is 47.7 Å². The predicted octanol–water partition coefficient (Wildman–Crippen LogP) is 13.9. The summed E-state index contributed by atoms with van der Waals surface area (Å²) in [4.78, 5) is 77.8. The average molecular weight is 1090 g/mol. The fourth-order valence-corrected chi connectivity index (χ4v) is 12.7. The SMILES string of the molecule is CCCCC/C=C\C/C=C\CCCCCCCC(=O)OCC(COC(=O)CCC(=O)OCC(=O)[C@@]1(O)[C@H](C)C[C@H]2[C@@H]3CCC4=CC(=O)C=C[C@]4(C)[C@@]3(F)[C@@H](O)C[C@@]21C)OC(=O)CCCCCCC/C=C\C/C=C\CCCCC. The zero-order valence-electron chi connectivity index (χ0n) is 48.4. The highest BCUT2D eigenvalue weighted by molar-refractivity contribution is 6.01. The molecule has 1 unspecified atom stereocenters. The van der Waals surface area contributed by atoms with E-state index in [1.165, 1.54) is 50.7 Å². The number of carbonyl (C=O) groups excluding carboxylic acids is 6. The molecule has 4 rings (SSSR count). The first-order valence-electron chi connectivity index (χ1n) is 30.3. The lowest BCUT2D eigenvalue weighted by atomic mass is 9.44. The summed E-state index contributed by atoms with van der Waals surface area (Å²) in [6.45, 7) is 8.05. The van der Waals surface area contributed by atoms with Gasteiger partial charge in [0.2, 0.25) is 5.78 Å². The molecular weight excluding hydrogens is 992 g/mol. The second kappa shape index (κ2) is 34.6. The predicted molar refractivity (Wildman–Crippen MR) is 304 cm³/mol. The van der Waals surface area contributed by atoms with Gasteiger partial charge in [0, 0.05) is 29.6 Å². The van der Waals surface area contributed by atoms with Gasteiger partial charge in [-0.3, -0.25) is 28.8 Å². The fourth-order valence-electron chi connectivity index (χ4n) is 12.7. The molecule has 13 heteroatoms. The van der Waals surface area contributed by atoms with Crippen molar-refractivity contribution in [2.75, 3.05) is 19.8 Å². The van der Waals surface area contributed by atoms with E-state index in [1.807, 2.05) is 0 Å². The van der Waals surface area contributed by atoms with Gasteiger partial charge in [0.05, 0.1) is 18.9 Å². The second-order valence-electron chi connectivity index (χ2n) is 23.2. The van der Waals surface area contributed by atoms with Crippen LogP contribution in [0.25, 0.3) is 0 Å². The molecule has 0 saturated heterocycles. The Labute approximate surface area is 467 Å². The van der Waals surface area contributed by atoms with Gasteiger partial charge in [-0.2, -0.15) is 0 Å². The molecule has 0 bridgehead atoms. The van der Waals surface area contributed by atoms with Gasteiger partial charge in [-0.15, -0.1) is 0 Å². The molecule has 12 nitrogen and oxygen atoms in total. The molecule has 9 atom stereocenters. The average Bonchev–Trinajstić information content (AvgIpc) is 3.71. The number of hydrogen-bond donors (Lipinski definition) is 2. The molecule has 0 aromatic heterocycles. The van der Waals surface area contributed by atoms with Crippen molar-refractivity contribution in [3.05, 3.63) is 72.4 Å². The largest absolute Gasteiger partial charge is 0.462 e. The van der Waals surface area contributed by atoms with Gasteiger partial charge in [-0.1, -0.05) is 152 Å². The van der Waals surface area contributed by atoms with E-state index in [-0.39, 0.29) is 31.7 Å². The number of ketones is 2. The summed E-state index contributed by atoms with van der Waals surface area (Å²) in [7, 11) is 0. The normalized spacial score (nSPS) is 27.0. The first-order chi connectivity index (χ1) is 37.5. The number of esters is 4. The van der Waals surface area contributed by atoms with Crippen LogP contribution in [0.3, 0.4) is 0 Å². The second-order valence-corrected chi connectivity index (χ2v) is 23.2. The van der Waals surface area contributed by atoms with Gasteiger partial charge < -0.3 is 29.2 Å². The number of alkyl halides is 1. The molecule has 0 aromatic carbocycles. The van der Waals surface area contributed by atoms with Gasteiger partial charge in [-0.25, -0.2) is 4.39 Å². The van der Waals surface area contributed by atoms with E-state index < -0.39 is 108 Å². The molecule has 0 amide bonds. The van der Waals surface area contributed by atoms with E-state index in [2.05, 4.69) is 62.5 Å². The molecule has 0 heterocycles. The van der Waals surface area contributed by atoms with Crippen molar-refractivity contribution in [1.82, 2.24) is 0 Å². The summed E-state index contributed by atoms with van der Waals surface area (Å²) in [5.41, 5.74) is -6.02. The maximum atomic E-state index is 17.6. The number of allylic oxidation sites excluding steroid dienone is 12. The number of fused-ring (bicyclic) bond motifs is 5. The summed E-state index contributed by atoms with van der Waals surface area (Å²) in [6, 6.07) is 0. The Kier molecular flexibility index (Phi) is 29.3. The number of aliphatic hydroxyl groups excluding tert-OH is 1. The van der Waals surface area contributed by atoms with Crippen LogP contribution >= 0.6 is 0 Å². The molecule has 0 spiro atoms. The third-order valence-electron chi connectivity index (χ3n) is 17.4. The Bertz CT molecular complexity index is 2090. The van der Waals surface area contributed by atoms with Gasteiger partial charge >= 0.3 is 23.9 Å². The molecule has 0 aromatic rings. The zero-order chi connectivity index (χ0) is 56.9. The summed E-state index contributed by atoms with van der Waals surface area (Å²) in [5.74, 6) is -5.47. The molecule has 0 radical (unpaired) electrons. The van der Waals surface area contributed by atoms with Crippen LogP contribution < -0.4 is 0 Å². The lowest BCUT2D eigenvalue weighted by molar-refractivity contribution is -0.220. The van der Waals surface area contributed by atoms with Crippen molar-refractivity contribution >= 4 is 35.4 Å². The van der Waals surface area contributed by atoms with Gasteiger partial charge in [0.15, 0.2) is 24.2 Å². The van der Waals surface area contributed by atoms with Crippen molar-refractivity contribution in [1.29, 1.82) is 0 Å². The van der Waals surface area contributed by atoms with E-state index in [4.69, 9.17) is 18.9 Å². The van der Waals surface area contributed by atoms with Crippen LogP contribution in [0.4, 0.5) is 4.39 Å². The fraction of sp³-hybridized carbons (Fsp3) is 0.723. The van der Waals surface area contributed by atoms with E-state index in [0.717, 1.165) is 89.9 Å². The number of carbonyl (C=O) groups is 6. The van der Waals surface area contributed by atoms with Crippen molar-refractivity contribution < 1.29 is 62.3 Å². The molecule has 3 fully saturated rings.